The van der Waals surface area contributed by atoms with Gasteiger partial charge in [-0.05, 0) is 37.1 Å². The van der Waals surface area contributed by atoms with Gasteiger partial charge in [0.2, 0.25) is 0 Å². The van der Waals surface area contributed by atoms with Crippen LogP contribution in [0.3, 0.4) is 0 Å². The zero-order chi connectivity index (χ0) is 16.3. The Balaban J connectivity index is 2.14. The molecule has 0 saturated carbocycles. The number of hydrogen-bond acceptors (Lipinski definition) is 3. The Hall–Kier alpha value is -2.44. The van der Waals surface area contributed by atoms with Crippen molar-refractivity contribution in [2.45, 2.75) is 26.6 Å². The Bertz CT molecular complexity index is 699. The molecular formula is C15H14F3N3O. The van der Waals surface area contributed by atoms with E-state index in [9.17, 15) is 18.0 Å². The van der Waals surface area contributed by atoms with Crippen LogP contribution in [-0.4, -0.2) is 15.9 Å². The number of aromatic nitrogens is 2. The fourth-order valence-electron chi connectivity index (χ4n) is 2.03. The first-order valence-electron chi connectivity index (χ1n) is 6.51. The molecule has 0 radical (unpaired) electrons. The third kappa shape index (κ3) is 3.60. The van der Waals surface area contributed by atoms with E-state index in [2.05, 4.69) is 15.3 Å². The van der Waals surface area contributed by atoms with Crippen molar-refractivity contribution in [1.82, 2.24) is 15.3 Å². The smallest absolute Gasteiger partial charge is 0.347 e. The molecule has 0 aliphatic carbocycles. The number of aryl methyl sites for hydroxylation is 1. The molecule has 0 spiro atoms. The van der Waals surface area contributed by atoms with Crippen molar-refractivity contribution < 1.29 is 18.0 Å². The molecule has 0 bridgehead atoms. The van der Waals surface area contributed by atoms with Crippen LogP contribution < -0.4 is 5.32 Å². The van der Waals surface area contributed by atoms with E-state index in [0.717, 1.165) is 6.07 Å². The first kappa shape index (κ1) is 15.9. The van der Waals surface area contributed by atoms with E-state index in [1.807, 2.05) is 0 Å². The molecule has 116 valence electrons. The second-order valence-electron chi connectivity index (χ2n) is 4.81. The number of amides is 1. The van der Waals surface area contributed by atoms with Crippen LogP contribution in [-0.2, 0) is 12.7 Å². The maximum atomic E-state index is 12.8. The summed E-state index contributed by atoms with van der Waals surface area (Å²) < 4.78 is 38.5. The predicted octanol–water partition coefficient (Wildman–Crippen LogP) is 3.04. The van der Waals surface area contributed by atoms with Crippen LogP contribution in [0, 0.1) is 13.8 Å². The van der Waals surface area contributed by atoms with E-state index in [0.29, 0.717) is 11.3 Å². The summed E-state index contributed by atoms with van der Waals surface area (Å²) in [5.41, 5.74) is 0.632. The predicted molar refractivity (Wildman–Crippen MR) is 74.1 cm³/mol. The molecule has 2 rings (SSSR count). The molecular weight excluding hydrogens is 295 g/mol. The minimum Gasteiger partial charge on any atom is -0.347 e. The van der Waals surface area contributed by atoms with Crippen LogP contribution >= 0.6 is 0 Å². The fourth-order valence-corrected chi connectivity index (χ4v) is 2.03. The lowest BCUT2D eigenvalue weighted by Crippen LogP contribution is -2.25. The summed E-state index contributed by atoms with van der Waals surface area (Å²) in [6.07, 6.45) is -3.15. The van der Waals surface area contributed by atoms with Crippen LogP contribution in [0.1, 0.15) is 32.9 Å². The fraction of sp³-hybridized carbons (Fsp3) is 0.267. The van der Waals surface area contributed by atoms with Gasteiger partial charge in [0.25, 0.3) is 5.91 Å². The highest BCUT2D eigenvalue weighted by Gasteiger charge is 2.32. The van der Waals surface area contributed by atoms with E-state index in [4.69, 9.17) is 0 Å². The number of carbonyl (C=O) groups is 1. The van der Waals surface area contributed by atoms with Gasteiger partial charge < -0.3 is 5.32 Å². The van der Waals surface area contributed by atoms with Gasteiger partial charge in [-0.1, -0.05) is 12.1 Å². The lowest BCUT2D eigenvalue weighted by Gasteiger charge is -2.14. The Morgan fingerprint density at radius 2 is 1.95 bits per heavy atom. The van der Waals surface area contributed by atoms with E-state index < -0.39 is 17.6 Å². The summed E-state index contributed by atoms with van der Waals surface area (Å²) in [5, 5.41) is 2.57. The molecule has 0 unspecified atom stereocenters. The highest BCUT2D eigenvalue weighted by atomic mass is 19.4. The van der Waals surface area contributed by atoms with Crippen molar-refractivity contribution in [3.8, 4) is 0 Å². The monoisotopic (exact) mass is 309 g/mol. The first-order valence-corrected chi connectivity index (χ1v) is 6.51. The SMILES string of the molecule is Cc1cc(C(=O)NCc2cccc(C(F)(F)F)c2C)ncn1. The van der Waals surface area contributed by atoms with Gasteiger partial charge in [0.1, 0.15) is 12.0 Å². The summed E-state index contributed by atoms with van der Waals surface area (Å²) in [4.78, 5) is 19.6. The number of alkyl halides is 3. The van der Waals surface area contributed by atoms with Gasteiger partial charge in [0.15, 0.2) is 0 Å². The number of benzene rings is 1. The normalized spacial score (nSPS) is 11.3. The van der Waals surface area contributed by atoms with Gasteiger partial charge in [-0.2, -0.15) is 13.2 Å². The molecule has 0 atom stereocenters. The molecule has 2 aromatic rings. The van der Waals surface area contributed by atoms with Gasteiger partial charge in [-0.3, -0.25) is 4.79 Å². The number of carbonyl (C=O) groups excluding carboxylic acids is 1. The van der Waals surface area contributed by atoms with Crippen molar-refractivity contribution >= 4 is 5.91 Å². The number of nitrogens with one attached hydrogen (secondary N) is 1. The van der Waals surface area contributed by atoms with Crippen LogP contribution in [0.15, 0.2) is 30.6 Å². The van der Waals surface area contributed by atoms with Crippen LogP contribution in [0.4, 0.5) is 13.2 Å². The lowest BCUT2D eigenvalue weighted by atomic mass is 10.0. The standard InChI is InChI=1S/C15H14F3N3O/c1-9-6-13(21-8-20-9)14(22)19-7-11-4-3-5-12(10(11)2)15(16,17)18/h3-6,8H,7H2,1-2H3,(H,19,22). The van der Waals surface area contributed by atoms with Crippen molar-refractivity contribution in [2.75, 3.05) is 0 Å². The highest BCUT2D eigenvalue weighted by molar-refractivity contribution is 5.92. The minimum atomic E-state index is -4.41. The third-order valence-electron chi connectivity index (χ3n) is 3.23. The van der Waals surface area contributed by atoms with Gasteiger partial charge in [0.05, 0.1) is 5.56 Å². The average Bonchev–Trinajstić information content (AvgIpc) is 2.44. The molecule has 0 aliphatic heterocycles. The topological polar surface area (TPSA) is 54.9 Å². The zero-order valence-electron chi connectivity index (χ0n) is 12.0. The number of hydrogen-bond donors (Lipinski definition) is 1. The van der Waals surface area contributed by atoms with Gasteiger partial charge in [-0.15, -0.1) is 0 Å². The molecule has 1 N–H and O–H groups in total. The Labute approximate surface area is 125 Å². The second-order valence-corrected chi connectivity index (χ2v) is 4.81. The lowest BCUT2D eigenvalue weighted by molar-refractivity contribution is -0.138. The van der Waals surface area contributed by atoms with Crippen LogP contribution in [0.5, 0.6) is 0 Å². The highest BCUT2D eigenvalue weighted by Crippen LogP contribution is 2.32. The maximum Gasteiger partial charge on any atom is 0.416 e. The van der Waals surface area contributed by atoms with Gasteiger partial charge >= 0.3 is 6.18 Å². The Morgan fingerprint density at radius 1 is 1.23 bits per heavy atom. The maximum absolute atomic E-state index is 12.8. The first-order chi connectivity index (χ1) is 10.3. The molecule has 22 heavy (non-hydrogen) atoms. The number of halogens is 3. The largest absolute Gasteiger partial charge is 0.416 e. The van der Waals surface area contributed by atoms with Crippen LogP contribution in [0.25, 0.3) is 0 Å². The van der Waals surface area contributed by atoms with Crippen molar-refractivity contribution in [3.63, 3.8) is 0 Å². The quantitative estimate of drug-likeness (QED) is 0.948. The molecule has 0 saturated heterocycles. The number of nitrogens with zero attached hydrogens (tertiary/aromatic N) is 2. The minimum absolute atomic E-state index is 0.00234. The van der Waals surface area contributed by atoms with E-state index >= 15 is 0 Å². The molecule has 4 nitrogen and oxygen atoms in total. The third-order valence-corrected chi connectivity index (χ3v) is 3.23. The summed E-state index contributed by atoms with van der Waals surface area (Å²) in [6.45, 7) is 3.10. The summed E-state index contributed by atoms with van der Waals surface area (Å²) in [5.74, 6) is -0.456. The molecule has 1 aromatic heterocycles. The number of rotatable bonds is 3. The van der Waals surface area contributed by atoms with Crippen molar-refractivity contribution in [2.24, 2.45) is 0 Å². The zero-order valence-corrected chi connectivity index (χ0v) is 12.0. The van der Waals surface area contributed by atoms with Crippen LogP contribution in [0.2, 0.25) is 0 Å². The Morgan fingerprint density at radius 3 is 2.59 bits per heavy atom. The van der Waals surface area contributed by atoms with E-state index in [-0.39, 0.29) is 17.8 Å². The molecule has 0 aliphatic rings. The summed E-state index contributed by atoms with van der Waals surface area (Å²) >= 11 is 0. The molecule has 0 fully saturated rings. The van der Waals surface area contributed by atoms with Gasteiger partial charge in [-0.25, -0.2) is 9.97 Å². The van der Waals surface area contributed by atoms with Gasteiger partial charge in [0, 0.05) is 12.2 Å². The van der Waals surface area contributed by atoms with E-state index in [1.165, 1.54) is 25.4 Å². The average molecular weight is 309 g/mol. The van der Waals surface area contributed by atoms with Crippen molar-refractivity contribution in [1.29, 1.82) is 0 Å². The Kier molecular flexibility index (Phi) is 4.44. The summed E-state index contributed by atoms with van der Waals surface area (Å²) in [7, 11) is 0. The molecule has 7 heteroatoms. The molecule has 1 aromatic carbocycles. The summed E-state index contributed by atoms with van der Waals surface area (Å²) in [6, 6.07) is 5.41. The van der Waals surface area contributed by atoms with Crippen molar-refractivity contribution in [3.05, 3.63) is 58.7 Å². The van der Waals surface area contributed by atoms with E-state index in [1.54, 1.807) is 13.0 Å². The molecule has 1 amide bonds. The second kappa shape index (κ2) is 6.13. The molecule has 1 heterocycles.